The molecule has 0 saturated heterocycles. The maximum Gasteiger partial charge on any atom is 0.136 e. The second-order valence-corrected chi connectivity index (χ2v) is 5.44. The third-order valence-electron chi connectivity index (χ3n) is 3.08. The van der Waals surface area contributed by atoms with Gasteiger partial charge >= 0.3 is 0 Å². The predicted molar refractivity (Wildman–Crippen MR) is 66.1 cm³/mol. The van der Waals surface area contributed by atoms with E-state index in [0.717, 1.165) is 17.3 Å². The van der Waals surface area contributed by atoms with Crippen molar-refractivity contribution >= 4 is 15.9 Å². The van der Waals surface area contributed by atoms with Gasteiger partial charge < -0.3 is 4.74 Å². The van der Waals surface area contributed by atoms with Gasteiger partial charge in [0.2, 0.25) is 0 Å². The quantitative estimate of drug-likeness (QED) is 0.775. The van der Waals surface area contributed by atoms with Crippen LogP contribution in [0.5, 0.6) is 5.75 Å². The molecule has 88 valence electrons. The lowest BCUT2D eigenvalue weighted by molar-refractivity contribution is 0.128. The average Bonchev–Trinajstić information content (AvgIpc) is 2.24. The van der Waals surface area contributed by atoms with Crippen molar-refractivity contribution in [3.05, 3.63) is 28.5 Å². The smallest absolute Gasteiger partial charge is 0.136 e. The van der Waals surface area contributed by atoms with Crippen molar-refractivity contribution in [2.24, 2.45) is 5.92 Å². The van der Waals surface area contributed by atoms with Gasteiger partial charge in [0.25, 0.3) is 0 Å². The minimum atomic E-state index is -0.248. The van der Waals surface area contributed by atoms with E-state index in [2.05, 4.69) is 22.9 Å². The molecule has 0 heterocycles. The van der Waals surface area contributed by atoms with E-state index in [1.807, 2.05) is 0 Å². The van der Waals surface area contributed by atoms with Crippen LogP contribution < -0.4 is 4.74 Å². The largest absolute Gasteiger partial charge is 0.489 e. The zero-order valence-corrected chi connectivity index (χ0v) is 11.0. The second-order valence-electron chi connectivity index (χ2n) is 4.59. The van der Waals surface area contributed by atoms with Gasteiger partial charge in [-0.05, 0) is 53.2 Å². The van der Waals surface area contributed by atoms with Gasteiger partial charge in [0.1, 0.15) is 11.6 Å². The second kappa shape index (κ2) is 5.17. The van der Waals surface area contributed by atoms with Crippen LogP contribution in [-0.2, 0) is 0 Å². The third kappa shape index (κ3) is 2.97. The van der Waals surface area contributed by atoms with Crippen molar-refractivity contribution in [3.8, 4) is 5.75 Å². The molecule has 0 aromatic heterocycles. The highest BCUT2D eigenvalue weighted by Gasteiger charge is 2.21. The van der Waals surface area contributed by atoms with Gasteiger partial charge in [-0.3, -0.25) is 0 Å². The van der Waals surface area contributed by atoms with Crippen LogP contribution in [0, 0.1) is 11.7 Å². The first-order chi connectivity index (χ1) is 7.65. The lowest BCUT2D eigenvalue weighted by atomic mass is 9.89. The predicted octanol–water partition coefficient (Wildman–Crippen LogP) is 4.55. The Morgan fingerprint density at radius 3 is 2.94 bits per heavy atom. The highest BCUT2D eigenvalue weighted by atomic mass is 79.9. The standard InChI is InChI=1S/C13H16BrFO/c1-9-3-2-4-11(7-9)16-13-8-10(15)5-6-12(13)14/h5-6,8-9,11H,2-4,7H2,1H3. The normalized spacial score (nSPS) is 25.4. The van der Waals surface area contributed by atoms with Crippen LogP contribution in [0.3, 0.4) is 0 Å². The van der Waals surface area contributed by atoms with Crippen LogP contribution in [0.4, 0.5) is 4.39 Å². The zero-order valence-electron chi connectivity index (χ0n) is 9.38. The average molecular weight is 287 g/mol. The van der Waals surface area contributed by atoms with Gasteiger partial charge in [-0.15, -0.1) is 0 Å². The Kier molecular flexibility index (Phi) is 3.85. The van der Waals surface area contributed by atoms with E-state index in [0.29, 0.717) is 11.7 Å². The monoisotopic (exact) mass is 286 g/mol. The van der Waals surface area contributed by atoms with Gasteiger partial charge in [-0.2, -0.15) is 0 Å². The molecule has 0 aliphatic heterocycles. The fourth-order valence-electron chi connectivity index (χ4n) is 2.23. The molecule has 2 unspecified atom stereocenters. The highest BCUT2D eigenvalue weighted by molar-refractivity contribution is 9.10. The van der Waals surface area contributed by atoms with Crippen molar-refractivity contribution in [2.75, 3.05) is 0 Å². The Morgan fingerprint density at radius 1 is 1.38 bits per heavy atom. The van der Waals surface area contributed by atoms with Crippen LogP contribution in [0.25, 0.3) is 0 Å². The molecule has 1 aliphatic carbocycles. The van der Waals surface area contributed by atoms with Crippen LogP contribution >= 0.6 is 15.9 Å². The topological polar surface area (TPSA) is 9.23 Å². The summed E-state index contributed by atoms with van der Waals surface area (Å²) in [5, 5.41) is 0. The summed E-state index contributed by atoms with van der Waals surface area (Å²) in [7, 11) is 0. The van der Waals surface area contributed by atoms with E-state index in [4.69, 9.17) is 4.74 Å². The number of halogens is 2. The third-order valence-corrected chi connectivity index (χ3v) is 3.73. The molecule has 0 spiro atoms. The number of benzene rings is 1. The van der Waals surface area contributed by atoms with Crippen molar-refractivity contribution in [1.82, 2.24) is 0 Å². The summed E-state index contributed by atoms with van der Waals surface area (Å²) in [6.45, 7) is 2.25. The summed E-state index contributed by atoms with van der Waals surface area (Å²) in [5.74, 6) is 1.09. The van der Waals surface area contributed by atoms with Crippen molar-refractivity contribution in [3.63, 3.8) is 0 Å². The molecule has 0 N–H and O–H groups in total. The van der Waals surface area contributed by atoms with Gasteiger partial charge in [0.05, 0.1) is 10.6 Å². The van der Waals surface area contributed by atoms with E-state index in [9.17, 15) is 4.39 Å². The van der Waals surface area contributed by atoms with E-state index < -0.39 is 0 Å². The summed E-state index contributed by atoms with van der Waals surface area (Å²) < 4.78 is 19.8. The minimum Gasteiger partial charge on any atom is -0.489 e. The Hall–Kier alpha value is -0.570. The van der Waals surface area contributed by atoms with E-state index >= 15 is 0 Å². The molecule has 0 amide bonds. The van der Waals surface area contributed by atoms with E-state index in [1.165, 1.54) is 25.0 Å². The van der Waals surface area contributed by atoms with E-state index in [1.54, 1.807) is 6.07 Å². The van der Waals surface area contributed by atoms with Crippen LogP contribution in [0.1, 0.15) is 32.6 Å². The number of rotatable bonds is 2. The van der Waals surface area contributed by atoms with Gasteiger partial charge in [-0.25, -0.2) is 4.39 Å². The number of hydrogen-bond acceptors (Lipinski definition) is 1. The van der Waals surface area contributed by atoms with Crippen LogP contribution in [-0.4, -0.2) is 6.10 Å². The highest BCUT2D eigenvalue weighted by Crippen LogP contribution is 2.31. The molecule has 1 fully saturated rings. The fraction of sp³-hybridized carbons (Fsp3) is 0.538. The first-order valence-electron chi connectivity index (χ1n) is 5.77. The molecule has 0 bridgehead atoms. The van der Waals surface area contributed by atoms with Gasteiger partial charge in [0, 0.05) is 6.07 Å². The van der Waals surface area contributed by atoms with Crippen LogP contribution in [0.2, 0.25) is 0 Å². The van der Waals surface area contributed by atoms with E-state index in [-0.39, 0.29) is 11.9 Å². The molecule has 1 aromatic carbocycles. The lowest BCUT2D eigenvalue weighted by Gasteiger charge is -2.27. The van der Waals surface area contributed by atoms with Crippen molar-refractivity contribution in [1.29, 1.82) is 0 Å². The maximum absolute atomic E-state index is 13.1. The molecule has 1 aliphatic rings. The van der Waals surface area contributed by atoms with Gasteiger partial charge in [0.15, 0.2) is 0 Å². The maximum atomic E-state index is 13.1. The molecule has 1 saturated carbocycles. The molecule has 16 heavy (non-hydrogen) atoms. The molecule has 0 radical (unpaired) electrons. The summed E-state index contributed by atoms with van der Waals surface area (Å²) in [4.78, 5) is 0. The summed E-state index contributed by atoms with van der Waals surface area (Å²) in [6.07, 6.45) is 4.88. The summed E-state index contributed by atoms with van der Waals surface area (Å²) in [6, 6.07) is 4.57. The molecular formula is C13H16BrFO. The zero-order chi connectivity index (χ0) is 11.5. The van der Waals surface area contributed by atoms with Gasteiger partial charge in [-0.1, -0.05) is 13.3 Å². The number of hydrogen-bond donors (Lipinski definition) is 0. The minimum absolute atomic E-state index is 0.238. The SMILES string of the molecule is CC1CCCC(Oc2cc(F)ccc2Br)C1. The van der Waals surface area contributed by atoms with Crippen LogP contribution in [0.15, 0.2) is 22.7 Å². The molecule has 2 rings (SSSR count). The fourth-order valence-corrected chi connectivity index (χ4v) is 2.57. The molecule has 1 aromatic rings. The molecule has 3 heteroatoms. The Labute approximate surface area is 104 Å². The van der Waals surface area contributed by atoms with Crippen molar-refractivity contribution < 1.29 is 9.13 Å². The Balaban J connectivity index is 2.05. The first kappa shape index (κ1) is 11.9. The molecular weight excluding hydrogens is 271 g/mol. The summed E-state index contributed by atoms with van der Waals surface area (Å²) in [5.41, 5.74) is 0. The summed E-state index contributed by atoms with van der Waals surface area (Å²) >= 11 is 3.38. The molecule has 1 nitrogen and oxygen atoms in total. The van der Waals surface area contributed by atoms with Crippen molar-refractivity contribution in [2.45, 2.75) is 38.7 Å². The Bertz CT molecular complexity index is 367. The number of ether oxygens (including phenoxy) is 1. The molecule has 2 atom stereocenters. The Morgan fingerprint density at radius 2 is 2.19 bits per heavy atom. The first-order valence-corrected chi connectivity index (χ1v) is 6.56. The lowest BCUT2D eigenvalue weighted by Crippen LogP contribution is -2.24.